The Hall–Kier alpha value is -1.30. The van der Waals surface area contributed by atoms with E-state index >= 15 is 0 Å². The largest absolute Gasteiger partial charge is 0.481 e. The molecule has 2 fully saturated rings. The fourth-order valence-corrected chi connectivity index (χ4v) is 3.15. The maximum absolute atomic E-state index is 12.6. The van der Waals surface area contributed by atoms with E-state index in [0.717, 1.165) is 25.9 Å². The molecule has 2 heterocycles. The van der Waals surface area contributed by atoms with Crippen molar-refractivity contribution in [2.75, 3.05) is 32.7 Å². The second-order valence-corrected chi connectivity index (χ2v) is 6.09. The van der Waals surface area contributed by atoms with E-state index in [1.165, 1.54) is 0 Å². The molecule has 114 valence electrons. The van der Waals surface area contributed by atoms with Crippen LogP contribution in [0.25, 0.3) is 0 Å². The van der Waals surface area contributed by atoms with Crippen LogP contribution in [0.5, 0.6) is 0 Å². The second-order valence-electron chi connectivity index (χ2n) is 6.09. The quantitative estimate of drug-likeness (QED) is 0.810. The van der Waals surface area contributed by atoms with Crippen molar-refractivity contribution < 1.29 is 14.7 Å². The molecule has 0 spiro atoms. The fourth-order valence-electron chi connectivity index (χ4n) is 3.15. The van der Waals surface area contributed by atoms with Gasteiger partial charge in [-0.15, -0.1) is 0 Å². The molecule has 2 saturated heterocycles. The Bertz CT molecular complexity index is 382. The monoisotopic (exact) mass is 283 g/mol. The molecule has 2 aliphatic rings. The summed E-state index contributed by atoms with van der Waals surface area (Å²) in [5.41, 5.74) is -0.789. The van der Waals surface area contributed by atoms with E-state index < -0.39 is 11.4 Å². The molecule has 0 aromatic rings. The molecule has 0 radical (unpaired) electrons. The summed E-state index contributed by atoms with van der Waals surface area (Å²) in [6, 6.07) is 0.287. The third kappa shape index (κ3) is 2.90. The topological polar surface area (TPSA) is 72.9 Å². The molecule has 1 atom stereocenters. The van der Waals surface area contributed by atoms with Crippen LogP contribution in [-0.2, 0) is 4.79 Å². The van der Waals surface area contributed by atoms with E-state index in [0.29, 0.717) is 26.1 Å². The number of rotatable bonds is 3. The van der Waals surface area contributed by atoms with Gasteiger partial charge in [-0.1, -0.05) is 0 Å². The summed E-state index contributed by atoms with van der Waals surface area (Å²) in [7, 11) is 0. The first-order chi connectivity index (χ1) is 9.48. The van der Waals surface area contributed by atoms with Crippen molar-refractivity contribution in [2.24, 2.45) is 5.41 Å². The zero-order valence-corrected chi connectivity index (χ0v) is 12.4. The molecule has 6 heteroatoms. The standard InChI is InChI=1S/C14H25N3O3/c1-3-17(11-4-7-15-8-5-11)13(20)16-9-6-14(2,10-16)12(18)19/h11,15H,3-10H2,1-2H3,(H,18,19). The van der Waals surface area contributed by atoms with Crippen molar-refractivity contribution in [2.45, 2.75) is 39.2 Å². The molecule has 0 bridgehead atoms. The first-order valence-corrected chi connectivity index (χ1v) is 7.47. The Balaban J connectivity index is 2.01. The van der Waals surface area contributed by atoms with Crippen molar-refractivity contribution in [1.82, 2.24) is 15.1 Å². The molecule has 0 saturated carbocycles. The lowest BCUT2D eigenvalue weighted by Crippen LogP contribution is -2.51. The number of piperidine rings is 1. The minimum Gasteiger partial charge on any atom is -0.481 e. The normalized spacial score (nSPS) is 27.6. The molecule has 6 nitrogen and oxygen atoms in total. The summed E-state index contributed by atoms with van der Waals surface area (Å²) in [5, 5.41) is 12.6. The molecule has 2 amide bonds. The average Bonchev–Trinajstić information content (AvgIpc) is 2.85. The molecule has 0 aliphatic carbocycles. The van der Waals surface area contributed by atoms with E-state index in [1.807, 2.05) is 11.8 Å². The van der Waals surface area contributed by atoms with Crippen LogP contribution in [0.15, 0.2) is 0 Å². The van der Waals surface area contributed by atoms with Gasteiger partial charge in [0.05, 0.1) is 5.41 Å². The number of nitrogens with zero attached hydrogens (tertiary/aromatic N) is 2. The highest BCUT2D eigenvalue weighted by atomic mass is 16.4. The lowest BCUT2D eigenvalue weighted by Gasteiger charge is -2.36. The van der Waals surface area contributed by atoms with E-state index in [1.54, 1.807) is 11.8 Å². The maximum atomic E-state index is 12.6. The van der Waals surface area contributed by atoms with Crippen LogP contribution in [0, 0.1) is 5.41 Å². The number of carbonyl (C=O) groups excluding carboxylic acids is 1. The highest BCUT2D eigenvalue weighted by Gasteiger charge is 2.43. The first kappa shape index (κ1) is 15.1. The van der Waals surface area contributed by atoms with E-state index in [2.05, 4.69) is 5.32 Å². The van der Waals surface area contributed by atoms with Crippen molar-refractivity contribution in [3.8, 4) is 0 Å². The molecule has 0 aromatic carbocycles. The summed E-state index contributed by atoms with van der Waals surface area (Å²) < 4.78 is 0. The summed E-state index contributed by atoms with van der Waals surface area (Å²) in [4.78, 5) is 27.5. The van der Waals surface area contributed by atoms with Crippen LogP contribution in [0.1, 0.15) is 33.1 Å². The Kier molecular flexibility index (Phi) is 4.52. The van der Waals surface area contributed by atoms with Gasteiger partial charge in [0.2, 0.25) is 0 Å². The van der Waals surface area contributed by atoms with E-state index in [-0.39, 0.29) is 12.1 Å². The Morgan fingerprint density at radius 3 is 2.55 bits per heavy atom. The number of carboxylic acid groups (broad SMARTS) is 1. The number of carboxylic acids is 1. The lowest BCUT2D eigenvalue weighted by atomic mass is 9.90. The number of urea groups is 1. The number of amides is 2. The third-order valence-corrected chi connectivity index (χ3v) is 4.60. The number of hydrogen-bond donors (Lipinski definition) is 2. The van der Waals surface area contributed by atoms with E-state index in [4.69, 9.17) is 0 Å². The Labute approximate surface area is 120 Å². The van der Waals surface area contributed by atoms with Crippen LogP contribution in [0.3, 0.4) is 0 Å². The number of nitrogens with one attached hydrogen (secondary N) is 1. The fraction of sp³-hybridized carbons (Fsp3) is 0.857. The third-order valence-electron chi connectivity index (χ3n) is 4.60. The molecule has 20 heavy (non-hydrogen) atoms. The van der Waals surface area contributed by atoms with Gasteiger partial charge in [0, 0.05) is 25.7 Å². The molecule has 2 aliphatic heterocycles. The van der Waals surface area contributed by atoms with Gasteiger partial charge in [0.15, 0.2) is 0 Å². The molecular formula is C14H25N3O3. The summed E-state index contributed by atoms with van der Waals surface area (Å²) >= 11 is 0. The van der Waals surface area contributed by atoms with Gasteiger partial charge >= 0.3 is 12.0 Å². The smallest absolute Gasteiger partial charge is 0.320 e. The molecule has 2 N–H and O–H groups in total. The Morgan fingerprint density at radius 1 is 1.40 bits per heavy atom. The van der Waals surface area contributed by atoms with Crippen LogP contribution in [0.2, 0.25) is 0 Å². The van der Waals surface area contributed by atoms with Crippen LogP contribution in [-0.4, -0.2) is 65.7 Å². The van der Waals surface area contributed by atoms with Gasteiger partial charge in [-0.25, -0.2) is 4.79 Å². The zero-order chi connectivity index (χ0) is 14.8. The van der Waals surface area contributed by atoms with Crippen molar-refractivity contribution >= 4 is 12.0 Å². The first-order valence-electron chi connectivity index (χ1n) is 7.47. The predicted molar refractivity (Wildman–Crippen MR) is 75.6 cm³/mol. The highest BCUT2D eigenvalue weighted by Crippen LogP contribution is 2.31. The number of likely N-dealkylation sites (tertiary alicyclic amines) is 1. The SMILES string of the molecule is CCN(C(=O)N1CCC(C)(C(=O)O)C1)C1CCNCC1. The van der Waals surface area contributed by atoms with Gasteiger partial charge in [-0.2, -0.15) is 0 Å². The van der Waals surface area contributed by atoms with Crippen LogP contribution >= 0.6 is 0 Å². The van der Waals surface area contributed by atoms with Crippen molar-refractivity contribution in [3.05, 3.63) is 0 Å². The minimum absolute atomic E-state index is 0.00405. The maximum Gasteiger partial charge on any atom is 0.320 e. The number of carbonyl (C=O) groups is 2. The number of aliphatic carboxylic acids is 1. The summed E-state index contributed by atoms with van der Waals surface area (Å²) in [5.74, 6) is -0.808. The predicted octanol–water partition coefficient (Wildman–Crippen LogP) is 0.977. The molecule has 1 unspecified atom stereocenters. The lowest BCUT2D eigenvalue weighted by molar-refractivity contribution is -0.147. The average molecular weight is 283 g/mol. The van der Waals surface area contributed by atoms with Crippen LogP contribution in [0.4, 0.5) is 4.79 Å². The molecule has 0 aromatic heterocycles. The van der Waals surface area contributed by atoms with Gasteiger partial charge in [0.1, 0.15) is 0 Å². The summed E-state index contributed by atoms with van der Waals surface area (Å²) in [6.07, 6.45) is 2.49. The Morgan fingerprint density at radius 2 is 2.05 bits per heavy atom. The molecular weight excluding hydrogens is 258 g/mol. The van der Waals surface area contributed by atoms with E-state index in [9.17, 15) is 14.7 Å². The van der Waals surface area contributed by atoms with Crippen molar-refractivity contribution in [3.63, 3.8) is 0 Å². The minimum atomic E-state index is -0.808. The molecule has 2 rings (SSSR count). The van der Waals surface area contributed by atoms with Crippen LogP contribution < -0.4 is 5.32 Å². The van der Waals surface area contributed by atoms with Gasteiger partial charge < -0.3 is 20.2 Å². The van der Waals surface area contributed by atoms with Gasteiger partial charge in [-0.05, 0) is 46.2 Å². The highest BCUT2D eigenvalue weighted by molar-refractivity contribution is 5.79. The van der Waals surface area contributed by atoms with Gasteiger partial charge in [-0.3, -0.25) is 4.79 Å². The number of hydrogen-bond acceptors (Lipinski definition) is 3. The van der Waals surface area contributed by atoms with Crippen molar-refractivity contribution in [1.29, 1.82) is 0 Å². The summed E-state index contributed by atoms with van der Waals surface area (Å²) in [6.45, 7) is 7.16. The van der Waals surface area contributed by atoms with Gasteiger partial charge in [0.25, 0.3) is 0 Å². The second kappa shape index (κ2) is 5.99. The zero-order valence-electron chi connectivity index (χ0n) is 12.4.